The number of hydrogen-bond donors (Lipinski definition) is 0. The molecule has 0 aromatic carbocycles. The Kier molecular flexibility index (Phi) is 9.51. The molecule has 0 aromatic heterocycles. The lowest BCUT2D eigenvalue weighted by molar-refractivity contribution is -0.129. The lowest BCUT2D eigenvalue weighted by atomic mass is 9.62. The summed E-state index contributed by atoms with van der Waals surface area (Å²) in [6.07, 6.45) is 18.0. The van der Waals surface area contributed by atoms with E-state index in [0.29, 0.717) is 23.5 Å². The lowest BCUT2D eigenvalue weighted by Crippen LogP contribution is -2.43. The van der Waals surface area contributed by atoms with Crippen LogP contribution in [0, 0.1) is 28.6 Å². The van der Waals surface area contributed by atoms with Gasteiger partial charge in [0.2, 0.25) is 0 Å². The van der Waals surface area contributed by atoms with Gasteiger partial charge in [0.15, 0.2) is 8.32 Å². The van der Waals surface area contributed by atoms with E-state index in [1.54, 1.807) is 0 Å². The summed E-state index contributed by atoms with van der Waals surface area (Å²) in [6, 6.07) is 3.59. The molecule has 0 amide bonds. The number of ketones is 1. The summed E-state index contributed by atoms with van der Waals surface area (Å²) in [7, 11) is -1.73. The predicted octanol–water partition coefficient (Wildman–Crippen LogP) is 9.27. The molecule has 34 heavy (non-hydrogen) atoms. The van der Waals surface area contributed by atoms with E-state index in [-0.39, 0.29) is 16.9 Å². The van der Waals surface area contributed by atoms with Crippen molar-refractivity contribution in [1.82, 2.24) is 0 Å². The average Bonchev–Trinajstić information content (AvgIpc) is 3.56. The average molecular weight is 487 g/mol. The quantitative estimate of drug-likeness (QED) is 0.139. The number of carbonyl (C=O) groups is 1. The van der Waals surface area contributed by atoms with Crippen LogP contribution in [-0.4, -0.2) is 20.2 Å². The zero-order valence-corrected chi connectivity index (χ0v) is 24.4. The first kappa shape index (κ1) is 27.9. The largest absolute Gasteiger partial charge is 0.410 e. The molecular weight excluding hydrogens is 432 g/mol. The first-order valence-corrected chi connectivity index (χ1v) is 17.3. The Morgan fingerprint density at radius 2 is 1.76 bits per heavy atom. The van der Waals surface area contributed by atoms with Crippen LogP contribution in [0.15, 0.2) is 24.3 Å². The van der Waals surface area contributed by atoms with Crippen LogP contribution in [0.25, 0.3) is 0 Å². The Morgan fingerprint density at radius 3 is 2.35 bits per heavy atom. The van der Waals surface area contributed by atoms with Crippen molar-refractivity contribution < 1.29 is 9.22 Å². The fourth-order valence-electron chi connectivity index (χ4n) is 7.66. The highest BCUT2D eigenvalue weighted by Crippen LogP contribution is 2.59. The van der Waals surface area contributed by atoms with Crippen molar-refractivity contribution >= 4 is 14.1 Å². The smallest absolute Gasteiger partial charge is 0.192 e. The van der Waals surface area contributed by atoms with Gasteiger partial charge in [-0.1, -0.05) is 78.7 Å². The van der Waals surface area contributed by atoms with Crippen LogP contribution in [0.4, 0.5) is 0 Å². The van der Waals surface area contributed by atoms with E-state index in [4.69, 9.17) is 4.43 Å². The van der Waals surface area contributed by atoms with Crippen molar-refractivity contribution in [3.05, 3.63) is 24.3 Å². The standard InChI is InChI=1S/C31H54O2Si/c1-8-12-13-15-25(6)31(22-23-31)29(33-34(9-2,10-3)11-4)20-17-24(5)26-18-19-27-28(32)16-14-21-30(26,27)7/h17,20,24,26-27,29H,6,8-16,18-19,21-23H2,1-5,7H3/b20-17+/t24-,26-,27+,29-,30-/m1/s1. The van der Waals surface area contributed by atoms with E-state index in [1.165, 1.54) is 68.7 Å². The van der Waals surface area contributed by atoms with Crippen molar-refractivity contribution in [3.8, 4) is 0 Å². The van der Waals surface area contributed by atoms with E-state index < -0.39 is 8.32 Å². The number of unbranched alkanes of at least 4 members (excludes halogenated alkanes) is 2. The predicted molar refractivity (Wildman–Crippen MR) is 149 cm³/mol. The maximum absolute atomic E-state index is 12.7. The fourth-order valence-corrected chi connectivity index (χ4v) is 10.5. The Hall–Kier alpha value is -0.673. The van der Waals surface area contributed by atoms with Crippen LogP contribution in [0.5, 0.6) is 0 Å². The Bertz CT molecular complexity index is 723. The van der Waals surface area contributed by atoms with Crippen molar-refractivity contribution in [3.63, 3.8) is 0 Å². The molecule has 0 heterocycles. The van der Waals surface area contributed by atoms with Gasteiger partial charge in [0, 0.05) is 17.8 Å². The number of Topliss-reactive ketones (excluding diaryl/α,β-unsaturated/α-hetero) is 1. The van der Waals surface area contributed by atoms with Crippen LogP contribution in [0.3, 0.4) is 0 Å². The molecule has 0 spiro atoms. The maximum Gasteiger partial charge on any atom is 0.192 e. The minimum atomic E-state index is -1.73. The van der Waals surface area contributed by atoms with Gasteiger partial charge in [-0.25, -0.2) is 0 Å². The van der Waals surface area contributed by atoms with Crippen molar-refractivity contribution in [2.45, 2.75) is 136 Å². The lowest BCUT2D eigenvalue weighted by Gasteiger charge is -2.42. The molecule has 0 radical (unpaired) electrons. The van der Waals surface area contributed by atoms with E-state index >= 15 is 0 Å². The topological polar surface area (TPSA) is 26.3 Å². The van der Waals surface area contributed by atoms with Gasteiger partial charge in [-0.05, 0) is 86.7 Å². The van der Waals surface area contributed by atoms with E-state index in [2.05, 4.69) is 60.3 Å². The molecule has 5 atom stereocenters. The SMILES string of the molecule is C=C(CCCCC)C1([C@@H](/C=C/[C@@H](C)[C@H]2CC[C@H]3C(=O)CCC[C@]23C)O[Si](CC)(CC)CC)CC1. The molecule has 3 fully saturated rings. The highest BCUT2D eigenvalue weighted by Gasteiger charge is 2.54. The molecule has 2 nitrogen and oxygen atoms in total. The molecular formula is C31H54O2Si. The van der Waals surface area contributed by atoms with Gasteiger partial charge >= 0.3 is 0 Å². The molecule has 0 N–H and O–H groups in total. The highest BCUT2D eigenvalue weighted by atomic mass is 28.4. The van der Waals surface area contributed by atoms with Gasteiger partial charge in [-0.3, -0.25) is 4.79 Å². The minimum absolute atomic E-state index is 0.171. The number of hydrogen-bond acceptors (Lipinski definition) is 2. The van der Waals surface area contributed by atoms with Gasteiger partial charge < -0.3 is 4.43 Å². The third-order valence-corrected chi connectivity index (χ3v) is 15.2. The molecule has 3 aliphatic carbocycles. The van der Waals surface area contributed by atoms with Gasteiger partial charge in [0.25, 0.3) is 0 Å². The Labute approximate surface area is 212 Å². The fraction of sp³-hybridized carbons (Fsp3) is 0.839. The second-order valence-electron chi connectivity index (χ2n) is 12.3. The van der Waals surface area contributed by atoms with Crippen molar-refractivity contribution in [2.24, 2.45) is 28.6 Å². The van der Waals surface area contributed by atoms with Crippen LogP contribution >= 0.6 is 0 Å². The zero-order valence-electron chi connectivity index (χ0n) is 23.4. The Morgan fingerprint density at radius 1 is 1.09 bits per heavy atom. The minimum Gasteiger partial charge on any atom is -0.410 e. The number of fused-ring (bicyclic) bond motifs is 1. The number of allylic oxidation sites excluding steroid dienone is 1. The zero-order chi connectivity index (χ0) is 25.0. The number of rotatable bonds is 14. The maximum atomic E-state index is 12.7. The van der Waals surface area contributed by atoms with Crippen LogP contribution < -0.4 is 0 Å². The first-order valence-electron chi connectivity index (χ1n) is 14.8. The molecule has 3 rings (SSSR count). The summed E-state index contributed by atoms with van der Waals surface area (Å²) in [5, 5.41) is 0. The summed E-state index contributed by atoms with van der Waals surface area (Å²) in [5.41, 5.74) is 1.82. The third kappa shape index (κ3) is 5.51. The van der Waals surface area contributed by atoms with Crippen LogP contribution in [0.2, 0.25) is 18.1 Å². The molecule has 0 unspecified atom stereocenters. The van der Waals surface area contributed by atoms with E-state index in [1.807, 2.05) is 0 Å². The van der Waals surface area contributed by atoms with Crippen molar-refractivity contribution in [2.75, 3.05) is 0 Å². The molecule has 0 aromatic rings. The summed E-state index contributed by atoms with van der Waals surface area (Å²) >= 11 is 0. The van der Waals surface area contributed by atoms with Gasteiger partial charge in [0.05, 0.1) is 6.10 Å². The summed E-state index contributed by atoms with van der Waals surface area (Å²) in [4.78, 5) is 12.7. The summed E-state index contributed by atoms with van der Waals surface area (Å²) in [6.45, 7) is 18.8. The van der Waals surface area contributed by atoms with E-state index in [9.17, 15) is 4.79 Å². The molecule has 3 aliphatic rings. The molecule has 3 heteroatoms. The van der Waals surface area contributed by atoms with Crippen LogP contribution in [-0.2, 0) is 9.22 Å². The first-order chi connectivity index (χ1) is 16.2. The molecule has 0 saturated heterocycles. The van der Waals surface area contributed by atoms with Gasteiger partial charge in [-0.15, -0.1) is 0 Å². The third-order valence-electron chi connectivity index (χ3n) is 10.6. The molecule has 0 bridgehead atoms. The number of carbonyl (C=O) groups excluding carboxylic acids is 1. The van der Waals surface area contributed by atoms with Gasteiger partial charge in [-0.2, -0.15) is 0 Å². The Balaban J connectivity index is 1.81. The molecule has 0 aliphatic heterocycles. The van der Waals surface area contributed by atoms with Gasteiger partial charge in [0.1, 0.15) is 5.78 Å². The summed E-state index contributed by atoms with van der Waals surface area (Å²) < 4.78 is 7.24. The molecule has 194 valence electrons. The molecule has 3 saturated carbocycles. The van der Waals surface area contributed by atoms with Crippen molar-refractivity contribution in [1.29, 1.82) is 0 Å². The van der Waals surface area contributed by atoms with E-state index in [0.717, 1.165) is 25.7 Å². The summed E-state index contributed by atoms with van der Waals surface area (Å²) in [5.74, 6) is 1.96. The second kappa shape index (κ2) is 11.6. The highest BCUT2D eigenvalue weighted by molar-refractivity contribution is 6.73. The monoisotopic (exact) mass is 486 g/mol. The van der Waals surface area contributed by atoms with Crippen LogP contribution in [0.1, 0.15) is 112 Å². The second-order valence-corrected chi connectivity index (χ2v) is 17.0. The normalized spacial score (nSPS) is 30.4.